The molecular weight excluding hydrogens is 809 g/mol. The van der Waals surface area contributed by atoms with Crippen molar-refractivity contribution in [3.8, 4) is 0 Å². The molecule has 2 amide bonds. The minimum absolute atomic E-state index is 0.236. The van der Waals surface area contributed by atoms with E-state index in [0.717, 1.165) is 65.7 Å². The van der Waals surface area contributed by atoms with E-state index in [4.69, 9.17) is 28.4 Å². The van der Waals surface area contributed by atoms with Crippen molar-refractivity contribution in [1.82, 2.24) is 10.6 Å². The number of amides is 2. The summed E-state index contributed by atoms with van der Waals surface area (Å²) in [6, 6.07) is -1.14. The van der Waals surface area contributed by atoms with E-state index in [2.05, 4.69) is 24.5 Å². The SMILES string of the molecule is CCCCCCCCCCCCCCCCCC(=O)N[C@@H](CO[C@@H]1O[C@H](COC(C)=O)[C@@H](OC(C)=O)[C@H](OC(C)=O)[C@H]1OC(C)=O)C(=O)NCCCCCCCCCCCCCC. The van der Waals surface area contributed by atoms with Crippen LogP contribution in [0.15, 0.2) is 0 Å². The maximum atomic E-state index is 13.6. The Kier molecular flexibility index (Phi) is 34.9. The van der Waals surface area contributed by atoms with E-state index in [1.807, 2.05) is 0 Å². The molecule has 1 rings (SSSR count). The highest BCUT2D eigenvalue weighted by atomic mass is 16.7. The molecule has 0 aromatic rings. The Balaban J connectivity index is 2.86. The predicted molar refractivity (Wildman–Crippen MR) is 243 cm³/mol. The number of hydrogen-bond acceptors (Lipinski definition) is 12. The molecule has 1 aliphatic heterocycles. The highest BCUT2D eigenvalue weighted by Crippen LogP contribution is 2.30. The van der Waals surface area contributed by atoms with Crippen LogP contribution >= 0.6 is 0 Å². The first-order valence-corrected chi connectivity index (χ1v) is 24.9. The summed E-state index contributed by atoms with van der Waals surface area (Å²) >= 11 is 0. The van der Waals surface area contributed by atoms with Crippen molar-refractivity contribution in [2.75, 3.05) is 19.8 Å². The van der Waals surface area contributed by atoms with Gasteiger partial charge in [0.25, 0.3) is 0 Å². The number of rotatable bonds is 39. The maximum absolute atomic E-state index is 13.6. The van der Waals surface area contributed by atoms with Crippen molar-refractivity contribution >= 4 is 35.7 Å². The van der Waals surface area contributed by atoms with Gasteiger partial charge in [-0.2, -0.15) is 0 Å². The van der Waals surface area contributed by atoms with Gasteiger partial charge in [-0.05, 0) is 12.8 Å². The molecule has 0 saturated carbocycles. The van der Waals surface area contributed by atoms with Gasteiger partial charge in [-0.15, -0.1) is 0 Å². The van der Waals surface area contributed by atoms with Crippen molar-refractivity contribution in [2.45, 2.75) is 258 Å². The topological polar surface area (TPSA) is 182 Å². The normalized spacial score (nSPS) is 18.9. The lowest BCUT2D eigenvalue weighted by atomic mass is 9.98. The molecule has 0 aromatic carbocycles. The molecule has 1 saturated heterocycles. The molecular formula is C49H88N2O12. The summed E-state index contributed by atoms with van der Waals surface area (Å²) < 4.78 is 33.8. The fraction of sp³-hybridized carbons (Fsp3) is 0.878. The highest BCUT2D eigenvalue weighted by molar-refractivity contribution is 5.87. The van der Waals surface area contributed by atoms with Gasteiger partial charge in [0.1, 0.15) is 18.8 Å². The van der Waals surface area contributed by atoms with Gasteiger partial charge >= 0.3 is 23.9 Å². The van der Waals surface area contributed by atoms with Gasteiger partial charge in [0.2, 0.25) is 11.8 Å². The first kappa shape index (κ1) is 57.8. The molecule has 2 N–H and O–H groups in total. The average Bonchev–Trinajstić information content (AvgIpc) is 3.23. The average molecular weight is 897 g/mol. The van der Waals surface area contributed by atoms with Crippen LogP contribution in [-0.2, 0) is 57.2 Å². The molecule has 0 radical (unpaired) electrons. The standard InChI is InChI=1S/C49H88N2O12/c1-7-9-11-13-15-17-19-21-22-23-24-26-28-30-32-34-44(56)51-42(48(57)50-35-33-31-29-27-25-20-18-16-14-12-10-8-2)36-59-49-47(62-41(6)55)46(61-40(5)54)45(60-39(4)53)43(63-49)37-58-38(3)52/h42-43,45-47,49H,7-37H2,1-6H3,(H,50,57)(H,51,56)/t42-,43+,45+,46-,47+,49+/m0/s1. The van der Waals surface area contributed by atoms with Crippen molar-refractivity contribution in [1.29, 1.82) is 0 Å². The Bertz CT molecular complexity index is 1250. The van der Waals surface area contributed by atoms with Crippen molar-refractivity contribution in [3.63, 3.8) is 0 Å². The third kappa shape index (κ3) is 30.5. The second-order valence-corrected chi connectivity index (χ2v) is 17.4. The smallest absolute Gasteiger partial charge is 0.303 e. The second-order valence-electron chi connectivity index (χ2n) is 17.4. The molecule has 0 aliphatic carbocycles. The molecule has 1 aliphatic rings. The van der Waals surface area contributed by atoms with E-state index < -0.39 is 79.7 Å². The molecule has 1 fully saturated rings. The lowest BCUT2D eigenvalue weighted by Crippen LogP contribution is -2.63. The third-order valence-electron chi connectivity index (χ3n) is 11.4. The molecule has 1 heterocycles. The van der Waals surface area contributed by atoms with Crippen molar-refractivity contribution in [3.05, 3.63) is 0 Å². The molecule has 0 bridgehead atoms. The quantitative estimate of drug-likeness (QED) is 0.0339. The largest absolute Gasteiger partial charge is 0.463 e. The summed E-state index contributed by atoms with van der Waals surface area (Å²) in [7, 11) is 0. The molecule has 14 heteroatoms. The van der Waals surface area contributed by atoms with Crippen LogP contribution in [0.5, 0.6) is 0 Å². The number of ether oxygens (including phenoxy) is 6. The van der Waals surface area contributed by atoms with Crippen LogP contribution in [-0.4, -0.2) is 92.2 Å². The molecule has 14 nitrogen and oxygen atoms in total. The van der Waals surface area contributed by atoms with Gasteiger partial charge in [0, 0.05) is 40.7 Å². The van der Waals surface area contributed by atoms with Crippen LogP contribution in [0.25, 0.3) is 0 Å². The van der Waals surface area contributed by atoms with E-state index in [-0.39, 0.29) is 12.3 Å². The Hall–Kier alpha value is -3.26. The summed E-state index contributed by atoms with van der Waals surface area (Å²) in [5, 5.41) is 5.76. The van der Waals surface area contributed by atoms with Gasteiger partial charge in [0.15, 0.2) is 24.6 Å². The number of hydrogen-bond donors (Lipinski definition) is 2. The summed E-state index contributed by atoms with van der Waals surface area (Å²) in [6.07, 6.45) is 25.7. The molecule has 63 heavy (non-hydrogen) atoms. The lowest BCUT2D eigenvalue weighted by molar-refractivity contribution is -0.308. The fourth-order valence-corrected chi connectivity index (χ4v) is 7.92. The number of carbonyl (C=O) groups is 6. The van der Waals surface area contributed by atoms with Gasteiger partial charge in [-0.1, -0.05) is 174 Å². The minimum atomic E-state index is -1.48. The Morgan fingerprint density at radius 1 is 0.492 bits per heavy atom. The molecule has 0 unspecified atom stereocenters. The van der Waals surface area contributed by atoms with Crippen LogP contribution in [0.1, 0.15) is 221 Å². The zero-order valence-electron chi connectivity index (χ0n) is 40.3. The number of esters is 4. The van der Waals surface area contributed by atoms with E-state index in [0.29, 0.717) is 13.0 Å². The summed E-state index contributed by atoms with van der Waals surface area (Å²) in [6.45, 7) is 8.67. The van der Waals surface area contributed by atoms with E-state index in [1.165, 1.54) is 129 Å². The Morgan fingerprint density at radius 3 is 1.32 bits per heavy atom. The van der Waals surface area contributed by atoms with Crippen LogP contribution in [0.2, 0.25) is 0 Å². The third-order valence-corrected chi connectivity index (χ3v) is 11.4. The number of nitrogens with one attached hydrogen (secondary N) is 2. The zero-order valence-corrected chi connectivity index (χ0v) is 40.3. The van der Waals surface area contributed by atoms with E-state index >= 15 is 0 Å². The van der Waals surface area contributed by atoms with Crippen LogP contribution in [0.4, 0.5) is 0 Å². The summed E-state index contributed by atoms with van der Waals surface area (Å²) in [5.41, 5.74) is 0. The number of unbranched alkanes of at least 4 members (excludes halogenated alkanes) is 25. The highest BCUT2D eigenvalue weighted by Gasteiger charge is 2.53. The second kappa shape index (κ2) is 38.1. The van der Waals surface area contributed by atoms with Crippen LogP contribution in [0, 0.1) is 0 Å². The predicted octanol–water partition coefficient (Wildman–Crippen LogP) is 9.65. The van der Waals surface area contributed by atoms with Crippen molar-refractivity contribution < 1.29 is 57.2 Å². The summed E-state index contributed by atoms with van der Waals surface area (Å²) in [4.78, 5) is 75.4. The molecule has 0 aromatic heterocycles. The maximum Gasteiger partial charge on any atom is 0.303 e. The van der Waals surface area contributed by atoms with Gasteiger partial charge in [-0.25, -0.2) is 0 Å². The monoisotopic (exact) mass is 897 g/mol. The van der Waals surface area contributed by atoms with Gasteiger partial charge in [-0.3, -0.25) is 28.8 Å². The Labute approximate surface area is 380 Å². The van der Waals surface area contributed by atoms with Gasteiger partial charge < -0.3 is 39.1 Å². The minimum Gasteiger partial charge on any atom is -0.463 e. The van der Waals surface area contributed by atoms with E-state index in [1.54, 1.807) is 0 Å². The van der Waals surface area contributed by atoms with Gasteiger partial charge in [0.05, 0.1) is 6.61 Å². The molecule has 366 valence electrons. The van der Waals surface area contributed by atoms with E-state index in [9.17, 15) is 28.8 Å². The fourth-order valence-electron chi connectivity index (χ4n) is 7.92. The molecule has 0 spiro atoms. The molecule has 6 atom stereocenters. The first-order valence-electron chi connectivity index (χ1n) is 24.9. The lowest BCUT2D eigenvalue weighted by Gasteiger charge is -2.44. The zero-order chi connectivity index (χ0) is 46.5. The first-order chi connectivity index (χ1) is 30.4. The van der Waals surface area contributed by atoms with Crippen LogP contribution < -0.4 is 10.6 Å². The Morgan fingerprint density at radius 2 is 0.889 bits per heavy atom. The number of carbonyl (C=O) groups excluding carboxylic acids is 6. The van der Waals surface area contributed by atoms with Crippen molar-refractivity contribution in [2.24, 2.45) is 0 Å². The summed E-state index contributed by atoms with van der Waals surface area (Å²) in [5.74, 6) is -3.71. The van der Waals surface area contributed by atoms with Crippen LogP contribution in [0.3, 0.4) is 0 Å².